The second-order valence-electron chi connectivity index (χ2n) is 5.95. The van der Waals surface area contributed by atoms with Crippen LogP contribution in [0.3, 0.4) is 0 Å². The Labute approximate surface area is 109 Å². The molecule has 1 nitrogen and oxygen atoms in total. The van der Waals surface area contributed by atoms with Crippen molar-refractivity contribution < 1.29 is 13.2 Å². The van der Waals surface area contributed by atoms with Crippen molar-refractivity contribution in [3.8, 4) is 0 Å². The lowest BCUT2D eigenvalue weighted by molar-refractivity contribution is -0.166. The van der Waals surface area contributed by atoms with E-state index in [1.54, 1.807) is 11.3 Å². The van der Waals surface area contributed by atoms with Gasteiger partial charge >= 0.3 is 6.18 Å². The van der Waals surface area contributed by atoms with Crippen molar-refractivity contribution in [2.75, 3.05) is 0 Å². The first-order chi connectivity index (χ1) is 8.14. The largest absolute Gasteiger partial charge is 0.406 e. The van der Waals surface area contributed by atoms with E-state index in [9.17, 15) is 13.2 Å². The molecule has 0 aromatic carbocycles. The molecule has 0 radical (unpaired) electrons. The second-order valence-corrected chi connectivity index (χ2v) is 7.12. The van der Waals surface area contributed by atoms with Crippen LogP contribution < -0.4 is 5.32 Å². The summed E-state index contributed by atoms with van der Waals surface area (Å²) < 4.78 is 38.2. The molecule has 102 valence electrons. The Hall–Kier alpha value is -0.550. The molecule has 1 aromatic rings. The minimum atomic E-state index is -4.13. The van der Waals surface area contributed by atoms with Crippen molar-refractivity contribution in [1.82, 2.24) is 5.32 Å². The predicted molar refractivity (Wildman–Crippen MR) is 67.9 cm³/mol. The van der Waals surface area contributed by atoms with E-state index >= 15 is 0 Å². The molecule has 0 amide bonds. The van der Waals surface area contributed by atoms with Gasteiger partial charge in [0.15, 0.2) is 0 Å². The minimum Gasteiger partial charge on any atom is -0.299 e. The molecule has 1 aliphatic rings. The van der Waals surface area contributed by atoms with E-state index in [0.717, 1.165) is 4.88 Å². The maximum atomic E-state index is 12.7. The normalized spacial score (nSPS) is 19.0. The molecular formula is C13H18F3NS. The molecule has 2 rings (SSSR count). The van der Waals surface area contributed by atoms with Crippen molar-refractivity contribution in [1.29, 1.82) is 0 Å². The monoisotopic (exact) mass is 277 g/mol. The van der Waals surface area contributed by atoms with Crippen LogP contribution in [0.15, 0.2) is 12.1 Å². The Bertz CT molecular complexity index is 424. The van der Waals surface area contributed by atoms with E-state index < -0.39 is 11.7 Å². The summed E-state index contributed by atoms with van der Waals surface area (Å²) in [5.74, 6) is 0. The van der Waals surface area contributed by atoms with Gasteiger partial charge in [-0.05, 0) is 30.4 Å². The molecular weight excluding hydrogens is 259 g/mol. The van der Waals surface area contributed by atoms with Crippen LogP contribution in [0.2, 0.25) is 0 Å². The van der Waals surface area contributed by atoms with Gasteiger partial charge in [-0.25, -0.2) is 0 Å². The van der Waals surface area contributed by atoms with Gasteiger partial charge in [-0.1, -0.05) is 20.8 Å². The number of halogens is 3. The van der Waals surface area contributed by atoms with Crippen molar-refractivity contribution in [3.63, 3.8) is 0 Å². The fourth-order valence-corrected chi connectivity index (χ4v) is 2.82. The summed E-state index contributed by atoms with van der Waals surface area (Å²) in [6.45, 7) is 6.62. The molecule has 0 spiro atoms. The highest BCUT2D eigenvalue weighted by atomic mass is 32.1. The molecule has 0 bridgehead atoms. The van der Waals surface area contributed by atoms with Gasteiger partial charge in [0.1, 0.15) is 5.54 Å². The van der Waals surface area contributed by atoms with Crippen molar-refractivity contribution in [2.24, 2.45) is 0 Å². The Kier molecular flexibility index (Phi) is 3.26. The number of hydrogen-bond donors (Lipinski definition) is 1. The zero-order chi connectivity index (χ0) is 13.6. The lowest BCUT2D eigenvalue weighted by atomic mass is 9.95. The summed E-state index contributed by atoms with van der Waals surface area (Å²) in [6.07, 6.45) is -3.72. The van der Waals surface area contributed by atoms with E-state index in [0.29, 0.717) is 6.54 Å². The zero-order valence-corrected chi connectivity index (χ0v) is 11.6. The standard InChI is InChI=1S/C13H18F3NS/c1-11(2,3)10-5-4-9(18-10)8-17-12(6-7-12)13(14,15)16/h4-5,17H,6-8H2,1-3H3. The van der Waals surface area contributed by atoms with Crippen LogP contribution in [-0.4, -0.2) is 11.7 Å². The first-order valence-corrected chi connectivity index (χ1v) is 6.87. The van der Waals surface area contributed by atoms with Crippen LogP contribution in [0.1, 0.15) is 43.4 Å². The molecule has 1 heterocycles. The van der Waals surface area contributed by atoms with Gasteiger partial charge in [-0.15, -0.1) is 11.3 Å². The molecule has 1 aliphatic carbocycles. The summed E-state index contributed by atoms with van der Waals surface area (Å²) in [7, 11) is 0. The Balaban J connectivity index is 1.98. The lowest BCUT2D eigenvalue weighted by Gasteiger charge is -2.20. The van der Waals surface area contributed by atoms with Crippen molar-refractivity contribution >= 4 is 11.3 Å². The topological polar surface area (TPSA) is 12.0 Å². The van der Waals surface area contributed by atoms with Crippen LogP contribution in [0.4, 0.5) is 13.2 Å². The van der Waals surface area contributed by atoms with Gasteiger partial charge in [-0.3, -0.25) is 5.32 Å². The van der Waals surface area contributed by atoms with E-state index in [2.05, 4.69) is 26.1 Å². The third-order valence-corrected chi connectivity index (χ3v) is 4.81. The minimum absolute atomic E-state index is 0.0597. The molecule has 1 aromatic heterocycles. The van der Waals surface area contributed by atoms with Crippen molar-refractivity contribution in [2.45, 2.75) is 57.3 Å². The van der Waals surface area contributed by atoms with Crippen LogP contribution in [0.25, 0.3) is 0 Å². The maximum Gasteiger partial charge on any atom is 0.406 e. The van der Waals surface area contributed by atoms with Gasteiger partial charge in [0, 0.05) is 16.3 Å². The summed E-state index contributed by atoms with van der Waals surface area (Å²) in [6, 6.07) is 3.93. The summed E-state index contributed by atoms with van der Waals surface area (Å²) >= 11 is 1.59. The number of thiophene rings is 1. The molecule has 18 heavy (non-hydrogen) atoms. The van der Waals surface area contributed by atoms with Crippen LogP contribution >= 0.6 is 11.3 Å². The molecule has 0 saturated heterocycles. The van der Waals surface area contributed by atoms with Crippen LogP contribution in [0, 0.1) is 0 Å². The highest BCUT2D eigenvalue weighted by Crippen LogP contribution is 2.49. The zero-order valence-electron chi connectivity index (χ0n) is 10.8. The van der Waals surface area contributed by atoms with Gasteiger partial charge < -0.3 is 0 Å². The summed E-state index contributed by atoms with van der Waals surface area (Å²) in [5.41, 5.74) is -1.55. The van der Waals surface area contributed by atoms with E-state index in [4.69, 9.17) is 0 Å². The molecule has 0 atom stereocenters. The average Bonchev–Trinajstić information content (AvgIpc) is 2.85. The molecule has 5 heteroatoms. The average molecular weight is 277 g/mol. The molecule has 1 saturated carbocycles. The van der Waals surface area contributed by atoms with Crippen molar-refractivity contribution in [3.05, 3.63) is 21.9 Å². The van der Waals surface area contributed by atoms with Gasteiger partial charge in [-0.2, -0.15) is 13.2 Å². The third-order valence-electron chi connectivity index (χ3n) is 3.29. The van der Waals surface area contributed by atoms with Gasteiger partial charge in [0.2, 0.25) is 0 Å². The smallest absolute Gasteiger partial charge is 0.299 e. The van der Waals surface area contributed by atoms with Crippen LogP contribution in [0.5, 0.6) is 0 Å². The molecule has 0 aliphatic heterocycles. The highest BCUT2D eigenvalue weighted by molar-refractivity contribution is 7.12. The lowest BCUT2D eigenvalue weighted by Crippen LogP contribution is -2.44. The quantitative estimate of drug-likeness (QED) is 0.871. The number of nitrogens with one attached hydrogen (secondary N) is 1. The highest BCUT2D eigenvalue weighted by Gasteiger charge is 2.62. The fourth-order valence-electron chi connectivity index (χ4n) is 1.82. The van der Waals surface area contributed by atoms with Gasteiger partial charge in [0.25, 0.3) is 0 Å². The van der Waals surface area contributed by atoms with Crippen LogP contribution in [-0.2, 0) is 12.0 Å². The summed E-state index contributed by atoms with van der Waals surface area (Å²) in [4.78, 5) is 2.17. The molecule has 1 fully saturated rings. The van der Waals surface area contributed by atoms with E-state index in [1.807, 2.05) is 12.1 Å². The SMILES string of the molecule is CC(C)(C)c1ccc(CNC2(C(F)(F)F)CC2)s1. The molecule has 1 N–H and O–H groups in total. The van der Waals surface area contributed by atoms with E-state index in [1.165, 1.54) is 4.88 Å². The first kappa shape index (κ1) is 13.9. The number of alkyl halides is 3. The number of rotatable bonds is 3. The Morgan fingerprint density at radius 2 is 1.83 bits per heavy atom. The fraction of sp³-hybridized carbons (Fsp3) is 0.692. The number of hydrogen-bond acceptors (Lipinski definition) is 2. The van der Waals surface area contributed by atoms with E-state index in [-0.39, 0.29) is 18.3 Å². The predicted octanol–water partition coefficient (Wildman–Crippen LogP) is 4.23. The van der Waals surface area contributed by atoms with Gasteiger partial charge in [0.05, 0.1) is 0 Å². The Morgan fingerprint density at radius 3 is 2.22 bits per heavy atom. The molecule has 0 unspecified atom stereocenters. The third kappa shape index (κ3) is 2.72. The Morgan fingerprint density at radius 1 is 1.22 bits per heavy atom. The second kappa shape index (κ2) is 4.23. The maximum absolute atomic E-state index is 12.7. The summed E-state index contributed by atoms with van der Waals surface area (Å²) in [5, 5.41) is 2.68. The first-order valence-electron chi connectivity index (χ1n) is 6.05.